The van der Waals surface area contributed by atoms with E-state index in [9.17, 15) is 9.59 Å². The number of rotatable bonds is 6. The largest absolute Gasteiger partial charge is 0.493 e. The summed E-state index contributed by atoms with van der Waals surface area (Å²) in [6.07, 6.45) is 1.77. The van der Waals surface area contributed by atoms with Crippen LogP contribution in [0.4, 0.5) is 0 Å². The number of carbonyl (C=O) groups excluding carboxylic acids is 1. The van der Waals surface area contributed by atoms with Crippen molar-refractivity contribution < 1.29 is 19.0 Å². The molecule has 2 aromatic carbocycles. The zero-order valence-electron chi connectivity index (χ0n) is 19.1. The lowest BCUT2D eigenvalue weighted by molar-refractivity contribution is -0.139. The maximum atomic E-state index is 13.6. The van der Waals surface area contributed by atoms with Crippen molar-refractivity contribution in [1.29, 1.82) is 0 Å². The van der Waals surface area contributed by atoms with Gasteiger partial charge in [0.1, 0.15) is 0 Å². The van der Waals surface area contributed by atoms with E-state index in [0.29, 0.717) is 42.7 Å². The van der Waals surface area contributed by atoms with Crippen LogP contribution in [0, 0.1) is 0 Å². The van der Waals surface area contributed by atoms with Crippen LogP contribution >= 0.6 is 22.9 Å². The van der Waals surface area contributed by atoms with E-state index in [1.54, 1.807) is 57.4 Å². The van der Waals surface area contributed by atoms with E-state index in [1.807, 2.05) is 12.1 Å². The molecule has 1 aliphatic heterocycles. The molecule has 0 fully saturated rings. The second kappa shape index (κ2) is 9.87. The molecule has 0 saturated carbocycles. The SMILES string of the molecule is CCOC(=O)C1=C(C)N=c2s/c(=C/c3cccc(Cl)c3)c(=O)n2[C@H]1c1ccc(OC)c(OC)c1. The highest BCUT2D eigenvalue weighted by molar-refractivity contribution is 7.07. The van der Waals surface area contributed by atoms with Crippen LogP contribution in [0.1, 0.15) is 31.0 Å². The highest BCUT2D eigenvalue weighted by Crippen LogP contribution is 2.36. The molecule has 0 radical (unpaired) electrons. The fourth-order valence-electron chi connectivity index (χ4n) is 3.88. The summed E-state index contributed by atoms with van der Waals surface area (Å²) in [5, 5.41) is 0.574. The summed E-state index contributed by atoms with van der Waals surface area (Å²) in [5.41, 5.74) is 1.99. The van der Waals surface area contributed by atoms with E-state index in [0.717, 1.165) is 5.56 Å². The molecule has 0 saturated heterocycles. The minimum Gasteiger partial charge on any atom is -0.493 e. The fraction of sp³-hybridized carbons (Fsp3) is 0.240. The minimum atomic E-state index is -0.739. The van der Waals surface area contributed by atoms with Crippen molar-refractivity contribution in [2.75, 3.05) is 20.8 Å². The molecule has 1 aliphatic rings. The zero-order chi connectivity index (χ0) is 24.4. The van der Waals surface area contributed by atoms with E-state index in [4.69, 9.17) is 25.8 Å². The van der Waals surface area contributed by atoms with Crippen LogP contribution in [-0.4, -0.2) is 31.4 Å². The molecule has 0 aliphatic carbocycles. The summed E-state index contributed by atoms with van der Waals surface area (Å²) in [5.74, 6) is 0.504. The van der Waals surface area contributed by atoms with Crippen molar-refractivity contribution in [3.63, 3.8) is 0 Å². The molecule has 4 rings (SSSR count). The Labute approximate surface area is 205 Å². The predicted octanol–water partition coefficient (Wildman–Crippen LogP) is 3.47. The third kappa shape index (κ3) is 4.38. The average Bonchev–Trinajstić information content (AvgIpc) is 3.12. The summed E-state index contributed by atoms with van der Waals surface area (Å²) in [7, 11) is 3.08. The minimum absolute atomic E-state index is 0.202. The Morgan fingerprint density at radius 1 is 1.18 bits per heavy atom. The lowest BCUT2D eigenvalue weighted by Gasteiger charge is -2.25. The number of aromatic nitrogens is 1. The number of allylic oxidation sites excluding steroid dienone is 1. The molecule has 0 unspecified atom stereocenters. The second-order valence-corrected chi connectivity index (χ2v) is 8.92. The Morgan fingerprint density at radius 2 is 1.94 bits per heavy atom. The first kappa shape index (κ1) is 23.8. The van der Waals surface area contributed by atoms with Crippen molar-refractivity contribution in [2.24, 2.45) is 4.99 Å². The molecule has 176 valence electrons. The molecule has 2 heterocycles. The first-order chi connectivity index (χ1) is 16.4. The molecule has 34 heavy (non-hydrogen) atoms. The lowest BCUT2D eigenvalue weighted by atomic mass is 9.95. The van der Waals surface area contributed by atoms with Gasteiger partial charge in [0.25, 0.3) is 5.56 Å². The number of halogens is 1. The van der Waals surface area contributed by atoms with E-state index in [1.165, 1.54) is 23.0 Å². The lowest BCUT2D eigenvalue weighted by Crippen LogP contribution is -2.39. The molecular weight excluding hydrogens is 476 g/mol. The number of fused-ring (bicyclic) bond motifs is 1. The summed E-state index contributed by atoms with van der Waals surface area (Å²) < 4.78 is 18.2. The molecule has 0 spiro atoms. The highest BCUT2D eigenvalue weighted by Gasteiger charge is 2.33. The van der Waals surface area contributed by atoms with Gasteiger partial charge < -0.3 is 14.2 Å². The average molecular weight is 499 g/mol. The Hall–Kier alpha value is -3.36. The maximum absolute atomic E-state index is 13.6. The van der Waals surface area contributed by atoms with Gasteiger partial charge in [-0.05, 0) is 55.3 Å². The van der Waals surface area contributed by atoms with Crippen LogP contribution in [0.3, 0.4) is 0 Å². The Morgan fingerprint density at radius 3 is 2.62 bits per heavy atom. The third-order valence-electron chi connectivity index (χ3n) is 5.39. The van der Waals surface area contributed by atoms with Crippen molar-refractivity contribution >= 4 is 35.0 Å². The van der Waals surface area contributed by atoms with Crippen molar-refractivity contribution in [3.05, 3.63) is 89.6 Å². The number of hydrogen-bond acceptors (Lipinski definition) is 7. The van der Waals surface area contributed by atoms with E-state index >= 15 is 0 Å². The summed E-state index contributed by atoms with van der Waals surface area (Å²) in [4.78, 5) is 31.7. The number of hydrogen-bond donors (Lipinski definition) is 0. The van der Waals surface area contributed by atoms with Crippen molar-refractivity contribution in [3.8, 4) is 11.5 Å². The van der Waals surface area contributed by atoms with Gasteiger partial charge in [-0.3, -0.25) is 9.36 Å². The van der Waals surface area contributed by atoms with Gasteiger partial charge >= 0.3 is 5.97 Å². The number of benzene rings is 2. The van der Waals surface area contributed by atoms with Crippen molar-refractivity contribution in [2.45, 2.75) is 19.9 Å². The topological polar surface area (TPSA) is 79.1 Å². The number of ether oxygens (including phenoxy) is 3. The number of carbonyl (C=O) groups is 1. The number of methoxy groups -OCH3 is 2. The van der Waals surface area contributed by atoms with Gasteiger partial charge in [-0.2, -0.15) is 0 Å². The predicted molar refractivity (Wildman–Crippen MR) is 131 cm³/mol. The summed E-state index contributed by atoms with van der Waals surface area (Å²) in [6, 6.07) is 11.8. The Balaban J connectivity index is 1.97. The van der Waals surface area contributed by atoms with Gasteiger partial charge in [0.2, 0.25) is 0 Å². The van der Waals surface area contributed by atoms with Crippen LogP contribution in [0.5, 0.6) is 11.5 Å². The van der Waals surface area contributed by atoms with Crippen LogP contribution in [0.15, 0.2) is 63.5 Å². The van der Waals surface area contributed by atoms with Crippen LogP contribution < -0.4 is 24.4 Å². The summed E-state index contributed by atoms with van der Waals surface area (Å²) in [6.45, 7) is 3.68. The zero-order valence-corrected chi connectivity index (χ0v) is 20.7. The molecule has 1 aromatic heterocycles. The summed E-state index contributed by atoms with van der Waals surface area (Å²) >= 11 is 7.37. The molecule has 0 amide bonds. The smallest absolute Gasteiger partial charge is 0.338 e. The first-order valence-electron chi connectivity index (χ1n) is 10.5. The van der Waals surface area contributed by atoms with Gasteiger partial charge in [0.15, 0.2) is 16.3 Å². The monoisotopic (exact) mass is 498 g/mol. The third-order valence-corrected chi connectivity index (χ3v) is 6.60. The van der Waals surface area contributed by atoms with Gasteiger partial charge in [0.05, 0.1) is 42.7 Å². The van der Waals surface area contributed by atoms with Crippen LogP contribution in [-0.2, 0) is 9.53 Å². The van der Waals surface area contributed by atoms with Crippen LogP contribution in [0.2, 0.25) is 5.02 Å². The molecule has 0 N–H and O–H groups in total. The van der Waals surface area contributed by atoms with Gasteiger partial charge in [-0.1, -0.05) is 41.1 Å². The van der Waals surface area contributed by atoms with E-state index in [-0.39, 0.29) is 12.2 Å². The normalized spacial score (nSPS) is 15.6. The highest BCUT2D eigenvalue weighted by atomic mass is 35.5. The van der Waals surface area contributed by atoms with E-state index < -0.39 is 12.0 Å². The number of thiazole rings is 1. The molecule has 1 atom stereocenters. The van der Waals surface area contributed by atoms with Gasteiger partial charge in [-0.25, -0.2) is 9.79 Å². The van der Waals surface area contributed by atoms with Crippen LogP contribution in [0.25, 0.3) is 6.08 Å². The van der Waals surface area contributed by atoms with Gasteiger partial charge in [-0.15, -0.1) is 0 Å². The molecule has 7 nitrogen and oxygen atoms in total. The quantitative estimate of drug-likeness (QED) is 0.486. The van der Waals surface area contributed by atoms with E-state index in [2.05, 4.69) is 4.99 Å². The Bertz CT molecular complexity index is 1470. The van der Waals surface area contributed by atoms with Crippen molar-refractivity contribution in [1.82, 2.24) is 4.57 Å². The van der Waals surface area contributed by atoms with Gasteiger partial charge in [0, 0.05) is 5.02 Å². The maximum Gasteiger partial charge on any atom is 0.338 e. The standard InChI is InChI=1S/C25H23ClN2O5S/c1-5-33-24(30)21-14(2)27-25-28(22(21)16-9-10-18(31-3)19(13-16)32-4)23(29)20(34-25)12-15-7-6-8-17(26)11-15/h6-13,22H,5H2,1-4H3/b20-12+/t22-/m0/s1. The molecule has 3 aromatic rings. The fourth-order valence-corrected chi connectivity index (χ4v) is 5.12. The number of esters is 1. The number of nitrogens with zero attached hydrogens (tertiary/aromatic N) is 2. The molecule has 9 heteroatoms. The molecular formula is C25H23ClN2O5S. The second-order valence-electron chi connectivity index (χ2n) is 7.47. The first-order valence-corrected chi connectivity index (χ1v) is 11.7. The molecule has 0 bridgehead atoms. The Kier molecular flexibility index (Phi) is 6.90.